The predicted octanol–water partition coefficient (Wildman–Crippen LogP) is 4.42. The van der Waals surface area contributed by atoms with Gasteiger partial charge in [-0.15, -0.1) is 24.0 Å². The summed E-state index contributed by atoms with van der Waals surface area (Å²) < 4.78 is 0. The number of nitrogens with two attached hydrogens (primary N) is 1. The molecule has 1 saturated carbocycles. The fourth-order valence-electron chi connectivity index (χ4n) is 2.50. The van der Waals surface area contributed by atoms with E-state index in [0.717, 1.165) is 23.6 Å². The number of para-hydroxylation sites is 1. The molecule has 0 radical (unpaired) electrons. The van der Waals surface area contributed by atoms with Crippen LogP contribution in [-0.2, 0) is 5.41 Å². The summed E-state index contributed by atoms with van der Waals surface area (Å²) in [6.45, 7) is 0.669. The van der Waals surface area contributed by atoms with Crippen molar-refractivity contribution in [3.05, 3.63) is 65.2 Å². The number of hydrogen-bond donors (Lipinski definition) is 2. The van der Waals surface area contributed by atoms with Crippen LogP contribution in [0, 0.1) is 0 Å². The van der Waals surface area contributed by atoms with E-state index in [1.165, 1.54) is 5.56 Å². The summed E-state index contributed by atoms with van der Waals surface area (Å²) in [4.78, 5) is 4.50. The van der Waals surface area contributed by atoms with Gasteiger partial charge in [0.1, 0.15) is 0 Å². The molecule has 0 heterocycles. The summed E-state index contributed by atoms with van der Waals surface area (Å²) in [6.07, 6.45) is 2.22. The van der Waals surface area contributed by atoms with Crippen molar-refractivity contribution in [1.29, 1.82) is 0 Å². The minimum absolute atomic E-state index is 0. The Labute approximate surface area is 153 Å². The minimum Gasteiger partial charge on any atom is -0.370 e. The Morgan fingerprint density at radius 1 is 1.09 bits per heavy atom. The predicted molar refractivity (Wildman–Crippen MR) is 104 cm³/mol. The molecule has 5 heteroatoms. The molecule has 1 aliphatic rings. The molecule has 0 saturated heterocycles. The Balaban J connectivity index is 0.00000176. The zero-order valence-corrected chi connectivity index (χ0v) is 15.2. The lowest BCUT2D eigenvalue weighted by molar-refractivity contribution is 0.706. The van der Waals surface area contributed by atoms with E-state index < -0.39 is 0 Å². The zero-order chi connectivity index (χ0) is 14.7. The van der Waals surface area contributed by atoms with Crippen molar-refractivity contribution in [2.75, 3.05) is 11.9 Å². The van der Waals surface area contributed by atoms with Crippen LogP contribution in [0.1, 0.15) is 18.4 Å². The third kappa shape index (κ3) is 3.93. The molecule has 3 rings (SSSR count). The fourth-order valence-corrected chi connectivity index (χ4v) is 2.84. The van der Waals surface area contributed by atoms with Gasteiger partial charge >= 0.3 is 0 Å². The first-order chi connectivity index (χ1) is 10.2. The highest BCUT2D eigenvalue weighted by Gasteiger charge is 2.45. The Morgan fingerprint density at radius 2 is 1.73 bits per heavy atom. The molecule has 3 nitrogen and oxygen atoms in total. The van der Waals surface area contributed by atoms with Crippen LogP contribution < -0.4 is 11.1 Å². The maximum atomic E-state index is 6.30. The van der Waals surface area contributed by atoms with Gasteiger partial charge in [0.2, 0.25) is 0 Å². The van der Waals surface area contributed by atoms with Gasteiger partial charge in [-0.2, -0.15) is 0 Å². The standard InChI is InChI=1S/C17H18ClN3.HI/c18-15-9-5-4-8-14(15)17(10-11-17)12-20-16(19)21-13-6-2-1-3-7-13;/h1-9H,10-12H2,(H3,19,20,21);1H. The summed E-state index contributed by atoms with van der Waals surface area (Å²) in [5.74, 6) is 0.444. The van der Waals surface area contributed by atoms with E-state index in [1.807, 2.05) is 48.5 Å². The van der Waals surface area contributed by atoms with Crippen LogP contribution in [0.3, 0.4) is 0 Å². The van der Waals surface area contributed by atoms with Crippen LogP contribution in [0.4, 0.5) is 5.69 Å². The maximum absolute atomic E-state index is 6.30. The van der Waals surface area contributed by atoms with E-state index in [2.05, 4.69) is 16.4 Å². The zero-order valence-electron chi connectivity index (χ0n) is 12.1. The minimum atomic E-state index is 0. The van der Waals surface area contributed by atoms with Crippen molar-refractivity contribution in [2.24, 2.45) is 10.7 Å². The molecule has 2 aromatic carbocycles. The van der Waals surface area contributed by atoms with Gasteiger partial charge in [0.15, 0.2) is 5.96 Å². The maximum Gasteiger partial charge on any atom is 0.193 e. The molecule has 1 aliphatic carbocycles. The number of halogens is 2. The van der Waals surface area contributed by atoms with Crippen molar-refractivity contribution >= 4 is 47.2 Å². The summed E-state index contributed by atoms with van der Waals surface area (Å²) in [6, 6.07) is 17.8. The number of nitrogens with one attached hydrogen (secondary N) is 1. The molecule has 0 unspecified atom stereocenters. The van der Waals surface area contributed by atoms with Crippen LogP contribution in [0.2, 0.25) is 5.02 Å². The largest absolute Gasteiger partial charge is 0.370 e. The summed E-state index contributed by atoms with van der Waals surface area (Å²) >= 11 is 6.30. The highest BCUT2D eigenvalue weighted by molar-refractivity contribution is 14.0. The normalized spacial score (nSPS) is 15.8. The number of benzene rings is 2. The van der Waals surface area contributed by atoms with Crippen molar-refractivity contribution in [2.45, 2.75) is 18.3 Å². The van der Waals surface area contributed by atoms with Crippen LogP contribution in [0.25, 0.3) is 0 Å². The van der Waals surface area contributed by atoms with Gasteiger partial charge in [-0.05, 0) is 36.6 Å². The van der Waals surface area contributed by atoms with Gasteiger partial charge in [-0.1, -0.05) is 48.0 Å². The number of nitrogens with zero attached hydrogens (tertiary/aromatic N) is 1. The van der Waals surface area contributed by atoms with Crippen LogP contribution in [-0.4, -0.2) is 12.5 Å². The van der Waals surface area contributed by atoms with Crippen molar-refractivity contribution in [3.63, 3.8) is 0 Å². The van der Waals surface area contributed by atoms with Crippen LogP contribution in [0.15, 0.2) is 59.6 Å². The number of anilines is 1. The fraction of sp³-hybridized carbons (Fsp3) is 0.235. The van der Waals surface area contributed by atoms with Crippen LogP contribution in [0.5, 0.6) is 0 Å². The molecule has 116 valence electrons. The Hall–Kier alpha value is -1.27. The second-order valence-electron chi connectivity index (χ2n) is 5.45. The van der Waals surface area contributed by atoms with Crippen LogP contribution >= 0.6 is 35.6 Å². The lowest BCUT2D eigenvalue weighted by Gasteiger charge is -2.15. The Kier molecular flexibility index (Phi) is 5.69. The van der Waals surface area contributed by atoms with Crippen molar-refractivity contribution in [1.82, 2.24) is 0 Å². The first-order valence-corrected chi connectivity index (χ1v) is 7.44. The quantitative estimate of drug-likeness (QED) is 0.431. The van der Waals surface area contributed by atoms with E-state index >= 15 is 0 Å². The molecule has 0 spiro atoms. The van der Waals surface area contributed by atoms with Gasteiger partial charge in [0.05, 0.1) is 6.54 Å². The van der Waals surface area contributed by atoms with E-state index in [0.29, 0.717) is 12.5 Å². The average molecular weight is 428 g/mol. The van der Waals surface area contributed by atoms with Gasteiger partial charge in [0.25, 0.3) is 0 Å². The number of hydrogen-bond acceptors (Lipinski definition) is 1. The van der Waals surface area contributed by atoms with E-state index in [1.54, 1.807) is 0 Å². The molecular weight excluding hydrogens is 409 g/mol. The first-order valence-electron chi connectivity index (χ1n) is 7.07. The highest BCUT2D eigenvalue weighted by Crippen LogP contribution is 2.50. The molecule has 2 aromatic rings. The topological polar surface area (TPSA) is 50.4 Å². The number of aliphatic imine (C=N–C) groups is 1. The molecular formula is C17H19ClIN3. The van der Waals surface area contributed by atoms with Gasteiger partial charge in [-0.3, -0.25) is 4.99 Å². The number of guanidine groups is 1. The summed E-state index contributed by atoms with van der Waals surface area (Å²) in [5, 5.41) is 3.92. The highest BCUT2D eigenvalue weighted by atomic mass is 127. The summed E-state index contributed by atoms with van der Waals surface area (Å²) in [5.41, 5.74) is 8.16. The first kappa shape index (κ1) is 17.1. The SMILES string of the molecule is I.NC(=NCC1(c2ccccc2Cl)CC1)Nc1ccccc1. The smallest absolute Gasteiger partial charge is 0.193 e. The van der Waals surface area contributed by atoms with Gasteiger partial charge in [0, 0.05) is 16.1 Å². The van der Waals surface area contributed by atoms with Crippen molar-refractivity contribution in [3.8, 4) is 0 Å². The molecule has 22 heavy (non-hydrogen) atoms. The van der Waals surface area contributed by atoms with E-state index in [-0.39, 0.29) is 29.4 Å². The average Bonchev–Trinajstić information content (AvgIpc) is 3.28. The Bertz CT molecular complexity index is 654. The number of rotatable bonds is 4. The molecule has 0 atom stereocenters. The molecule has 3 N–H and O–H groups in total. The molecule has 0 aromatic heterocycles. The van der Waals surface area contributed by atoms with Crippen molar-refractivity contribution < 1.29 is 0 Å². The van der Waals surface area contributed by atoms with Gasteiger partial charge < -0.3 is 11.1 Å². The Morgan fingerprint density at radius 3 is 2.36 bits per heavy atom. The lowest BCUT2D eigenvalue weighted by Crippen LogP contribution is -2.25. The second kappa shape index (κ2) is 7.33. The lowest BCUT2D eigenvalue weighted by atomic mass is 9.96. The third-order valence-electron chi connectivity index (χ3n) is 3.90. The van der Waals surface area contributed by atoms with E-state index in [9.17, 15) is 0 Å². The third-order valence-corrected chi connectivity index (χ3v) is 4.23. The second-order valence-corrected chi connectivity index (χ2v) is 5.86. The molecule has 0 aliphatic heterocycles. The molecule has 1 fully saturated rings. The molecule has 0 amide bonds. The summed E-state index contributed by atoms with van der Waals surface area (Å²) in [7, 11) is 0. The monoisotopic (exact) mass is 427 g/mol. The van der Waals surface area contributed by atoms with Gasteiger partial charge in [-0.25, -0.2) is 0 Å². The molecule has 0 bridgehead atoms. The van der Waals surface area contributed by atoms with E-state index in [4.69, 9.17) is 17.3 Å².